The minimum absolute atomic E-state index is 1.10. The number of nitrogens with one attached hydrogen (secondary N) is 1. The second-order valence-corrected chi connectivity index (χ2v) is 4.94. The van der Waals surface area contributed by atoms with Crippen molar-refractivity contribution in [3.05, 3.63) is 24.3 Å². The normalized spacial score (nSPS) is 16.1. The Kier molecular flexibility index (Phi) is 4.26. The van der Waals surface area contributed by atoms with Crippen LogP contribution in [0, 0.1) is 0 Å². The first kappa shape index (κ1) is 12.2. The molecule has 94 valence electrons. The highest BCUT2D eigenvalue weighted by atomic mass is 15.2. The molecule has 0 fully saturated rings. The summed E-state index contributed by atoms with van der Waals surface area (Å²) in [6.45, 7) is 4.48. The van der Waals surface area contributed by atoms with Gasteiger partial charge >= 0.3 is 0 Å². The molecular formula is C14H23N3. The third-order valence-corrected chi connectivity index (χ3v) is 3.23. The molecular weight excluding hydrogens is 210 g/mol. The SMILES string of the molecule is CN(C)CCN1CCCCNc2ccccc21. The summed E-state index contributed by atoms with van der Waals surface area (Å²) in [6.07, 6.45) is 2.53. The van der Waals surface area contributed by atoms with Gasteiger partial charge in [-0.2, -0.15) is 0 Å². The van der Waals surface area contributed by atoms with Crippen LogP contribution in [0.15, 0.2) is 24.3 Å². The lowest BCUT2D eigenvalue weighted by molar-refractivity contribution is 0.412. The Hall–Kier alpha value is -1.22. The molecule has 0 bridgehead atoms. The van der Waals surface area contributed by atoms with Gasteiger partial charge in [-0.1, -0.05) is 12.1 Å². The highest BCUT2D eigenvalue weighted by Gasteiger charge is 2.12. The molecule has 0 saturated heterocycles. The molecule has 1 aromatic carbocycles. The number of benzene rings is 1. The topological polar surface area (TPSA) is 18.5 Å². The van der Waals surface area contributed by atoms with Crippen LogP contribution in [0.4, 0.5) is 11.4 Å². The summed E-state index contributed by atoms with van der Waals surface area (Å²) in [7, 11) is 4.27. The van der Waals surface area contributed by atoms with Crippen LogP contribution in [0.25, 0.3) is 0 Å². The average Bonchev–Trinajstić information content (AvgIpc) is 2.29. The van der Waals surface area contributed by atoms with Crippen molar-refractivity contribution in [3.8, 4) is 0 Å². The Bertz CT molecular complexity index is 349. The number of hydrogen-bond acceptors (Lipinski definition) is 3. The van der Waals surface area contributed by atoms with Crippen molar-refractivity contribution < 1.29 is 0 Å². The Labute approximate surface area is 104 Å². The van der Waals surface area contributed by atoms with E-state index in [0.717, 1.165) is 19.6 Å². The average molecular weight is 233 g/mol. The quantitative estimate of drug-likeness (QED) is 0.864. The van der Waals surface area contributed by atoms with Gasteiger partial charge in [0.15, 0.2) is 0 Å². The van der Waals surface area contributed by atoms with Crippen LogP contribution in [0.1, 0.15) is 12.8 Å². The van der Waals surface area contributed by atoms with E-state index in [-0.39, 0.29) is 0 Å². The first-order chi connectivity index (χ1) is 8.27. The molecule has 0 unspecified atom stereocenters. The van der Waals surface area contributed by atoms with Gasteiger partial charge in [-0.3, -0.25) is 0 Å². The van der Waals surface area contributed by atoms with Crippen molar-refractivity contribution in [2.24, 2.45) is 0 Å². The van der Waals surface area contributed by atoms with Gasteiger partial charge in [0.1, 0.15) is 0 Å². The molecule has 3 heteroatoms. The first-order valence-corrected chi connectivity index (χ1v) is 6.50. The second kappa shape index (κ2) is 5.92. The Morgan fingerprint density at radius 2 is 2.06 bits per heavy atom. The predicted octanol–water partition coefficient (Wildman–Crippen LogP) is 2.26. The summed E-state index contributed by atoms with van der Waals surface area (Å²) in [4.78, 5) is 4.75. The maximum atomic E-state index is 3.53. The fourth-order valence-corrected chi connectivity index (χ4v) is 2.22. The molecule has 0 spiro atoms. The lowest BCUT2D eigenvalue weighted by Gasteiger charge is -2.30. The van der Waals surface area contributed by atoms with Gasteiger partial charge in [0.2, 0.25) is 0 Å². The number of hydrogen-bond donors (Lipinski definition) is 1. The minimum atomic E-state index is 1.10. The number of likely N-dealkylation sites (N-methyl/N-ethyl adjacent to an activating group) is 1. The van der Waals surface area contributed by atoms with E-state index in [0.29, 0.717) is 0 Å². The van der Waals surface area contributed by atoms with Gasteiger partial charge in [-0.25, -0.2) is 0 Å². The van der Waals surface area contributed by atoms with Gasteiger partial charge in [-0.05, 0) is 39.1 Å². The third-order valence-electron chi connectivity index (χ3n) is 3.23. The van der Waals surface area contributed by atoms with Gasteiger partial charge in [0.05, 0.1) is 11.4 Å². The van der Waals surface area contributed by atoms with Crippen LogP contribution in [-0.4, -0.2) is 45.2 Å². The number of fused-ring (bicyclic) bond motifs is 1. The van der Waals surface area contributed by atoms with E-state index in [4.69, 9.17) is 0 Å². The summed E-state index contributed by atoms with van der Waals surface area (Å²) in [5.41, 5.74) is 2.64. The summed E-state index contributed by atoms with van der Waals surface area (Å²) >= 11 is 0. The molecule has 0 aromatic heterocycles. The van der Waals surface area contributed by atoms with E-state index in [1.165, 1.54) is 30.8 Å². The lowest BCUT2D eigenvalue weighted by atomic mass is 10.1. The largest absolute Gasteiger partial charge is 0.383 e. The van der Waals surface area contributed by atoms with E-state index in [1.54, 1.807) is 0 Å². The van der Waals surface area contributed by atoms with E-state index in [1.807, 2.05) is 0 Å². The van der Waals surface area contributed by atoms with Gasteiger partial charge in [0, 0.05) is 26.2 Å². The monoisotopic (exact) mass is 233 g/mol. The molecule has 1 aliphatic heterocycles. The fraction of sp³-hybridized carbons (Fsp3) is 0.571. The predicted molar refractivity (Wildman–Crippen MR) is 74.9 cm³/mol. The highest BCUT2D eigenvalue weighted by molar-refractivity contribution is 5.70. The van der Waals surface area contributed by atoms with Crippen molar-refractivity contribution in [3.63, 3.8) is 0 Å². The highest BCUT2D eigenvalue weighted by Crippen LogP contribution is 2.27. The summed E-state index contributed by atoms with van der Waals surface area (Å²) in [5.74, 6) is 0. The standard InChI is InChI=1S/C14H23N3/c1-16(2)11-12-17-10-6-5-9-15-13-7-3-4-8-14(13)17/h3-4,7-8,15H,5-6,9-12H2,1-2H3. The van der Waals surface area contributed by atoms with Crippen molar-refractivity contribution in [1.29, 1.82) is 0 Å². The maximum Gasteiger partial charge on any atom is 0.0602 e. The summed E-state index contributed by atoms with van der Waals surface area (Å²) < 4.78 is 0. The smallest absolute Gasteiger partial charge is 0.0602 e. The number of rotatable bonds is 3. The summed E-state index contributed by atoms with van der Waals surface area (Å²) in [6, 6.07) is 8.65. The molecule has 1 aliphatic rings. The van der Waals surface area contributed by atoms with Crippen LogP contribution >= 0.6 is 0 Å². The molecule has 0 saturated carbocycles. The zero-order valence-electron chi connectivity index (χ0n) is 10.9. The number of nitrogens with zero attached hydrogens (tertiary/aromatic N) is 2. The molecule has 0 radical (unpaired) electrons. The zero-order valence-corrected chi connectivity index (χ0v) is 10.9. The molecule has 1 N–H and O–H groups in total. The molecule has 1 aromatic rings. The maximum absolute atomic E-state index is 3.53. The van der Waals surface area contributed by atoms with E-state index >= 15 is 0 Å². The zero-order chi connectivity index (χ0) is 12.1. The van der Waals surface area contributed by atoms with E-state index < -0.39 is 0 Å². The van der Waals surface area contributed by atoms with Crippen LogP contribution < -0.4 is 10.2 Å². The van der Waals surface area contributed by atoms with E-state index in [2.05, 4.69) is 53.5 Å². The molecule has 3 nitrogen and oxygen atoms in total. The molecule has 17 heavy (non-hydrogen) atoms. The Balaban J connectivity index is 2.14. The molecule has 1 heterocycles. The fourth-order valence-electron chi connectivity index (χ4n) is 2.22. The summed E-state index contributed by atoms with van der Waals surface area (Å²) in [5, 5.41) is 3.53. The van der Waals surface area contributed by atoms with Crippen molar-refractivity contribution in [2.75, 3.05) is 50.5 Å². The van der Waals surface area contributed by atoms with Crippen LogP contribution in [-0.2, 0) is 0 Å². The molecule has 0 aliphatic carbocycles. The Morgan fingerprint density at radius 3 is 2.88 bits per heavy atom. The van der Waals surface area contributed by atoms with Crippen molar-refractivity contribution >= 4 is 11.4 Å². The second-order valence-electron chi connectivity index (χ2n) is 4.94. The van der Waals surface area contributed by atoms with Gasteiger partial charge < -0.3 is 15.1 Å². The first-order valence-electron chi connectivity index (χ1n) is 6.50. The number of para-hydroxylation sites is 2. The van der Waals surface area contributed by atoms with E-state index in [9.17, 15) is 0 Å². The van der Waals surface area contributed by atoms with Crippen LogP contribution in [0.3, 0.4) is 0 Å². The van der Waals surface area contributed by atoms with Gasteiger partial charge in [0.25, 0.3) is 0 Å². The molecule has 0 amide bonds. The number of anilines is 2. The Morgan fingerprint density at radius 1 is 1.24 bits per heavy atom. The van der Waals surface area contributed by atoms with Crippen LogP contribution in [0.2, 0.25) is 0 Å². The third kappa shape index (κ3) is 3.37. The van der Waals surface area contributed by atoms with Crippen molar-refractivity contribution in [1.82, 2.24) is 4.90 Å². The molecule has 2 rings (SSSR count). The van der Waals surface area contributed by atoms with Crippen LogP contribution in [0.5, 0.6) is 0 Å². The minimum Gasteiger partial charge on any atom is -0.383 e. The van der Waals surface area contributed by atoms with Crippen molar-refractivity contribution in [2.45, 2.75) is 12.8 Å². The lowest BCUT2D eigenvalue weighted by Crippen LogP contribution is -2.34. The molecule has 0 atom stereocenters. The van der Waals surface area contributed by atoms with Gasteiger partial charge in [-0.15, -0.1) is 0 Å².